The Balaban J connectivity index is 1.55. The topological polar surface area (TPSA) is 92.4 Å². The number of aryl methyl sites for hydroxylation is 1. The van der Waals surface area contributed by atoms with Crippen molar-refractivity contribution in [2.45, 2.75) is 63.3 Å². The molecule has 3 aliphatic rings. The Hall–Kier alpha value is -2.96. The van der Waals surface area contributed by atoms with E-state index in [9.17, 15) is 13.2 Å². The molecule has 0 radical (unpaired) electrons. The van der Waals surface area contributed by atoms with E-state index in [1.54, 1.807) is 0 Å². The molecule has 2 aromatic heterocycles. The fourth-order valence-electron chi connectivity index (χ4n) is 6.56. The SMILES string of the molecule is Cc1cc(N)nc(-c2c(Cl)cc3c(N4C5CCCC4CNC5)nc(OC[C@@H]4CCCN4C)nc3c2F)c1C(F)(F)F. The van der Waals surface area contributed by atoms with Crippen molar-refractivity contribution in [2.75, 3.05) is 43.9 Å². The van der Waals surface area contributed by atoms with Crippen molar-refractivity contribution in [2.24, 2.45) is 0 Å². The van der Waals surface area contributed by atoms with E-state index in [1.165, 1.54) is 13.0 Å². The molecule has 3 atom stereocenters. The zero-order valence-electron chi connectivity index (χ0n) is 22.9. The largest absolute Gasteiger partial charge is 0.462 e. The molecule has 3 saturated heterocycles. The fraction of sp³-hybridized carbons (Fsp3) is 0.536. The van der Waals surface area contributed by atoms with Crippen molar-refractivity contribution in [3.05, 3.63) is 34.1 Å². The van der Waals surface area contributed by atoms with Crippen molar-refractivity contribution in [1.82, 2.24) is 25.2 Å². The second-order valence-corrected chi connectivity index (χ2v) is 11.7. The van der Waals surface area contributed by atoms with E-state index in [-0.39, 0.29) is 46.1 Å². The van der Waals surface area contributed by atoms with Crippen LogP contribution < -0.4 is 20.7 Å². The number of ether oxygens (including phenoxy) is 1. The number of nitrogens with zero attached hydrogens (tertiary/aromatic N) is 5. The summed E-state index contributed by atoms with van der Waals surface area (Å²) in [6.07, 6.45) is 0.0910. The second-order valence-electron chi connectivity index (χ2n) is 11.3. The maximum absolute atomic E-state index is 16.6. The van der Waals surface area contributed by atoms with Crippen molar-refractivity contribution in [3.8, 4) is 17.3 Å². The van der Waals surface area contributed by atoms with Crippen LogP contribution in [0.1, 0.15) is 43.2 Å². The number of likely N-dealkylation sites (tertiary alicyclic amines) is 1. The molecule has 1 aromatic carbocycles. The highest BCUT2D eigenvalue weighted by Crippen LogP contribution is 2.45. The van der Waals surface area contributed by atoms with Crippen LogP contribution in [0, 0.1) is 12.7 Å². The Kier molecular flexibility index (Phi) is 7.36. The average Bonchev–Trinajstić information content (AvgIpc) is 3.30. The predicted molar refractivity (Wildman–Crippen MR) is 150 cm³/mol. The van der Waals surface area contributed by atoms with Gasteiger partial charge < -0.3 is 25.6 Å². The molecule has 41 heavy (non-hydrogen) atoms. The summed E-state index contributed by atoms with van der Waals surface area (Å²) in [6.45, 7) is 3.99. The van der Waals surface area contributed by atoms with Crippen LogP contribution in [0.5, 0.6) is 6.01 Å². The zero-order chi connectivity index (χ0) is 29.1. The van der Waals surface area contributed by atoms with E-state index in [0.29, 0.717) is 17.8 Å². The van der Waals surface area contributed by atoms with Crippen molar-refractivity contribution >= 4 is 34.1 Å². The summed E-state index contributed by atoms with van der Waals surface area (Å²) in [4.78, 5) is 17.5. The van der Waals surface area contributed by atoms with Crippen molar-refractivity contribution < 1.29 is 22.3 Å². The Bertz CT molecular complexity index is 1460. The average molecular weight is 594 g/mol. The number of piperidine rings is 1. The van der Waals surface area contributed by atoms with Gasteiger partial charge in [0.2, 0.25) is 0 Å². The lowest BCUT2D eigenvalue weighted by Gasteiger charge is -2.47. The fourth-order valence-corrected chi connectivity index (χ4v) is 6.85. The first-order chi connectivity index (χ1) is 19.5. The lowest BCUT2D eigenvalue weighted by molar-refractivity contribution is -0.137. The molecule has 0 saturated carbocycles. The molecule has 0 spiro atoms. The third-order valence-corrected chi connectivity index (χ3v) is 8.84. The summed E-state index contributed by atoms with van der Waals surface area (Å²) in [5, 5.41) is 3.53. The molecule has 3 aromatic rings. The van der Waals surface area contributed by atoms with Gasteiger partial charge in [0.1, 0.15) is 23.8 Å². The Morgan fingerprint density at radius 1 is 1.10 bits per heavy atom. The van der Waals surface area contributed by atoms with Gasteiger partial charge >= 0.3 is 12.2 Å². The minimum atomic E-state index is -4.82. The van der Waals surface area contributed by atoms with Gasteiger partial charge in [0.15, 0.2) is 5.82 Å². The molecule has 3 N–H and O–H groups in total. The van der Waals surface area contributed by atoms with Crippen LogP contribution in [-0.2, 0) is 6.18 Å². The van der Waals surface area contributed by atoms with E-state index in [1.807, 2.05) is 7.05 Å². The number of fused-ring (bicyclic) bond motifs is 3. The van der Waals surface area contributed by atoms with Gasteiger partial charge in [0.25, 0.3) is 0 Å². The second kappa shape index (κ2) is 10.7. The standard InChI is InChI=1S/C28H32ClF4N7O/c1-14-9-20(34)36-25(22(14)28(31,32)33)21-19(29)10-18-24(23(21)30)37-27(41-13-17-7-4-8-39(17)2)38-26(18)40-15-5-3-6-16(40)12-35-11-15/h9-10,15-17,35H,3-8,11-13H2,1-2H3,(H2,34,36)/t15?,16?,17-/m0/s1. The molecule has 0 amide bonds. The van der Waals surface area contributed by atoms with Gasteiger partial charge in [0.05, 0.1) is 21.8 Å². The monoisotopic (exact) mass is 593 g/mol. The number of benzene rings is 1. The number of pyridine rings is 1. The summed E-state index contributed by atoms with van der Waals surface area (Å²) < 4.78 is 65.1. The van der Waals surface area contributed by atoms with Gasteiger partial charge in [-0.05, 0) is 70.3 Å². The number of likely N-dealkylation sites (N-methyl/N-ethyl adjacent to an activating group) is 1. The third-order valence-electron chi connectivity index (χ3n) is 8.54. The lowest BCUT2D eigenvalue weighted by Crippen LogP contribution is -2.60. The maximum Gasteiger partial charge on any atom is 0.418 e. The number of hydrogen-bond acceptors (Lipinski definition) is 8. The summed E-state index contributed by atoms with van der Waals surface area (Å²) in [5.74, 6) is -0.730. The third kappa shape index (κ3) is 5.14. The van der Waals surface area contributed by atoms with Gasteiger partial charge in [-0.25, -0.2) is 9.37 Å². The number of nitrogens with two attached hydrogens (primary N) is 1. The molecular weight excluding hydrogens is 562 g/mol. The predicted octanol–water partition coefficient (Wildman–Crippen LogP) is 5.20. The Morgan fingerprint density at radius 2 is 1.83 bits per heavy atom. The number of nitrogen functional groups attached to an aromatic ring is 1. The van der Waals surface area contributed by atoms with Crippen molar-refractivity contribution in [3.63, 3.8) is 0 Å². The molecule has 0 aliphatic carbocycles. The highest BCUT2D eigenvalue weighted by atomic mass is 35.5. The number of rotatable bonds is 5. The van der Waals surface area contributed by atoms with E-state index in [2.05, 4.69) is 25.1 Å². The summed E-state index contributed by atoms with van der Waals surface area (Å²) in [6, 6.07) is 2.92. The quantitative estimate of drug-likeness (QED) is 0.390. The maximum atomic E-state index is 16.6. The van der Waals surface area contributed by atoms with Gasteiger partial charge in [-0.3, -0.25) is 0 Å². The van der Waals surface area contributed by atoms with E-state index < -0.39 is 28.8 Å². The number of aromatic nitrogens is 3. The van der Waals surface area contributed by atoms with Crippen LogP contribution in [0.4, 0.5) is 29.2 Å². The molecule has 3 aliphatic heterocycles. The smallest absolute Gasteiger partial charge is 0.418 e. The molecule has 8 nitrogen and oxygen atoms in total. The van der Waals surface area contributed by atoms with Crippen LogP contribution in [-0.4, -0.2) is 71.3 Å². The first-order valence-corrected chi connectivity index (χ1v) is 14.3. The van der Waals surface area contributed by atoms with Crippen LogP contribution in [0.2, 0.25) is 5.02 Å². The van der Waals surface area contributed by atoms with E-state index in [0.717, 1.165) is 57.8 Å². The highest BCUT2D eigenvalue weighted by molar-refractivity contribution is 6.34. The molecule has 6 rings (SSSR count). The van der Waals surface area contributed by atoms with Gasteiger partial charge in [-0.15, -0.1) is 0 Å². The van der Waals surface area contributed by atoms with Crippen LogP contribution in [0.15, 0.2) is 12.1 Å². The van der Waals surface area contributed by atoms with Gasteiger partial charge in [0, 0.05) is 36.6 Å². The van der Waals surface area contributed by atoms with Crippen LogP contribution in [0.25, 0.3) is 22.2 Å². The molecule has 2 unspecified atom stereocenters. The number of nitrogens with one attached hydrogen (secondary N) is 1. The van der Waals surface area contributed by atoms with E-state index >= 15 is 4.39 Å². The van der Waals surface area contributed by atoms with Gasteiger partial charge in [-0.1, -0.05) is 11.6 Å². The van der Waals surface area contributed by atoms with E-state index in [4.69, 9.17) is 27.1 Å². The van der Waals surface area contributed by atoms with Crippen LogP contribution in [0.3, 0.4) is 0 Å². The minimum absolute atomic E-state index is 0.0238. The lowest BCUT2D eigenvalue weighted by atomic mass is 9.91. The molecule has 13 heteroatoms. The van der Waals surface area contributed by atoms with Crippen molar-refractivity contribution in [1.29, 1.82) is 0 Å². The first kappa shape index (κ1) is 28.2. The number of anilines is 2. The molecule has 5 heterocycles. The normalized spacial score (nSPS) is 23.4. The number of alkyl halides is 3. The van der Waals surface area contributed by atoms with Gasteiger partial charge in [-0.2, -0.15) is 23.1 Å². The number of halogens is 5. The first-order valence-electron chi connectivity index (χ1n) is 13.9. The summed E-state index contributed by atoms with van der Waals surface area (Å²) >= 11 is 6.59. The molecular formula is C28H32ClF4N7O. The highest BCUT2D eigenvalue weighted by Gasteiger charge is 2.40. The summed E-state index contributed by atoms with van der Waals surface area (Å²) in [5.41, 5.74) is 3.19. The van der Waals surface area contributed by atoms with Crippen LogP contribution >= 0.6 is 11.6 Å². The number of hydrogen-bond donors (Lipinski definition) is 2. The summed E-state index contributed by atoms with van der Waals surface area (Å²) in [7, 11) is 2.02. The zero-order valence-corrected chi connectivity index (χ0v) is 23.6. The number of piperazine rings is 1. The molecule has 2 bridgehead atoms. The molecule has 3 fully saturated rings. The Morgan fingerprint density at radius 3 is 2.49 bits per heavy atom. The molecule has 220 valence electrons. The Labute approximate surface area is 240 Å². The minimum Gasteiger partial charge on any atom is -0.462 e.